The van der Waals surface area contributed by atoms with Gasteiger partial charge in [-0.3, -0.25) is 4.79 Å². The highest BCUT2D eigenvalue weighted by Gasteiger charge is 2.24. The van der Waals surface area contributed by atoms with E-state index in [1.165, 1.54) is 0 Å². The van der Waals surface area contributed by atoms with Crippen LogP contribution in [-0.2, 0) is 26.0 Å². The van der Waals surface area contributed by atoms with E-state index in [9.17, 15) is 23.1 Å². The lowest BCUT2D eigenvalue weighted by Crippen LogP contribution is -2.42. The van der Waals surface area contributed by atoms with Crippen LogP contribution >= 0.6 is 11.6 Å². The summed E-state index contributed by atoms with van der Waals surface area (Å²) in [5, 5.41) is 12.8. The maximum absolute atomic E-state index is 13.3. The van der Waals surface area contributed by atoms with Gasteiger partial charge in [0.05, 0.1) is 18.5 Å². The minimum atomic E-state index is -3.39. The Bertz CT molecular complexity index is 1440. The Balaban J connectivity index is 1.91. The van der Waals surface area contributed by atoms with Gasteiger partial charge in [-0.2, -0.15) is 0 Å². The molecule has 7 nitrogen and oxygen atoms in total. The van der Waals surface area contributed by atoms with Crippen molar-refractivity contribution < 1.29 is 27.9 Å². The first kappa shape index (κ1) is 31.3. The quantitative estimate of drug-likeness (QED) is 0.227. The third kappa shape index (κ3) is 9.18. The molecular formula is C31H36ClNO6S. The van der Waals surface area contributed by atoms with E-state index in [1.54, 1.807) is 12.1 Å². The molecule has 0 radical (unpaired) electrons. The van der Waals surface area contributed by atoms with Gasteiger partial charge in [0.15, 0.2) is 0 Å². The van der Waals surface area contributed by atoms with Gasteiger partial charge in [-0.05, 0) is 71.8 Å². The van der Waals surface area contributed by atoms with Gasteiger partial charge in [-0.1, -0.05) is 73.8 Å². The van der Waals surface area contributed by atoms with Crippen molar-refractivity contribution in [1.29, 1.82) is 0 Å². The fourth-order valence-corrected chi connectivity index (χ4v) is 5.30. The molecule has 0 bridgehead atoms. The molecule has 0 saturated carbocycles. The zero-order valence-corrected chi connectivity index (χ0v) is 24.6. The van der Waals surface area contributed by atoms with E-state index < -0.39 is 27.8 Å². The largest absolute Gasteiger partial charge is 0.480 e. The maximum atomic E-state index is 13.3. The number of hydrogen-bond donors (Lipinski definition) is 2. The van der Waals surface area contributed by atoms with Crippen molar-refractivity contribution >= 4 is 33.3 Å². The van der Waals surface area contributed by atoms with E-state index in [4.69, 9.17) is 16.3 Å². The summed E-state index contributed by atoms with van der Waals surface area (Å²) < 4.78 is 29.5. The SMILES string of the molecule is CCCC[C@H](OCc1ccc(C(=O)N[C@@H](CCS(C)(=O)=O)C(=O)O)c(-c2ccccc2C)c1)c1cccc(Cl)c1. The van der Waals surface area contributed by atoms with E-state index in [2.05, 4.69) is 12.2 Å². The zero-order valence-electron chi connectivity index (χ0n) is 23.0. The lowest BCUT2D eigenvalue weighted by molar-refractivity contribution is -0.139. The van der Waals surface area contributed by atoms with Gasteiger partial charge in [0.2, 0.25) is 0 Å². The molecular weight excluding hydrogens is 550 g/mol. The van der Waals surface area contributed by atoms with Gasteiger partial charge in [-0.15, -0.1) is 0 Å². The van der Waals surface area contributed by atoms with Crippen LogP contribution in [0.25, 0.3) is 11.1 Å². The van der Waals surface area contributed by atoms with Gasteiger partial charge in [0.1, 0.15) is 15.9 Å². The van der Waals surface area contributed by atoms with Crippen LogP contribution in [0.5, 0.6) is 0 Å². The molecule has 0 aliphatic carbocycles. The first-order chi connectivity index (χ1) is 19.0. The summed E-state index contributed by atoms with van der Waals surface area (Å²) in [6.45, 7) is 4.36. The van der Waals surface area contributed by atoms with Crippen molar-refractivity contribution in [2.45, 2.75) is 58.3 Å². The monoisotopic (exact) mass is 585 g/mol. The number of amides is 1. The predicted octanol–water partition coefficient (Wildman–Crippen LogP) is 6.38. The molecule has 0 unspecified atom stereocenters. The number of aryl methyl sites for hydroxylation is 1. The number of halogens is 1. The van der Waals surface area contributed by atoms with Crippen LogP contribution in [0.4, 0.5) is 0 Å². The van der Waals surface area contributed by atoms with Crippen LogP contribution in [0.2, 0.25) is 5.02 Å². The molecule has 0 saturated heterocycles. The molecule has 9 heteroatoms. The highest BCUT2D eigenvalue weighted by Crippen LogP contribution is 2.31. The Kier molecular flexibility index (Phi) is 11.3. The second kappa shape index (κ2) is 14.4. The minimum absolute atomic E-state index is 0.144. The van der Waals surface area contributed by atoms with Crippen LogP contribution in [0, 0.1) is 6.92 Å². The summed E-state index contributed by atoms with van der Waals surface area (Å²) in [6.07, 6.45) is 3.53. The van der Waals surface area contributed by atoms with Gasteiger partial charge in [-0.25, -0.2) is 13.2 Å². The highest BCUT2D eigenvalue weighted by atomic mass is 35.5. The molecule has 0 fully saturated rings. The number of carboxylic acid groups (broad SMARTS) is 1. The smallest absolute Gasteiger partial charge is 0.326 e. The number of carbonyl (C=O) groups excluding carboxylic acids is 1. The second-order valence-electron chi connectivity index (χ2n) is 9.97. The molecule has 0 heterocycles. The molecule has 0 spiro atoms. The van der Waals surface area contributed by atoms with Crippen LogP contribution in [0.3, 0.4) is 0 Å². The topological polar surface area (TPSA) is 110 Å². The highest BCUT2D eigenvalue weighted by molar-refractivity contribution is 7.90. The molecule has 40 heavy (non-hydrogen) atoms. The summed E-state index contributed by atoms with van der Waals surface area (Å²) in [4.78, 5) is 25.1. The fraction of sp³-hybridized carbons (Fsp3) is 0.355. The number of unbranched alkanes of at least 4 members (excludes halogenated alkanes) is 1. The van der Waals surface area contributed by atoms with Crippen molar-refractivity contribution in [1.82, 2.24) is 5.32 Å². The Labute approximate surface area is 241 Å². The van der Waals surface area contributed by atoms with E-state index in [-0.39, 0.29) is 18.3 Å². The Hall–Kier alpha value is -3.20. The number of carbonyl (C=O) groups is 2. The number of ether oxygens (including phenoxy) is 1. The number of benzene rings is 3. The second-order valence-corrected chi connectivity index (χ2v) is 12.7. The first-order valence-electron chi connectivity index (χ1n) is 13.3. The van der Waals surface area contributed by atoms with E-state index >= 15 is 0 Å². The number of hydrogen-bond acceptors (Lipinski definition) is 5. The minimum Gasteiger partial charge on any atom is -0.480 e. The number of aliphatic carboxylic acids is 1. The molecule has 1 amide bonds. The lowest BCUT2D eigenvalue weighted by atomic mass is 9.93. The van der Waals surface area contributed by atoms with Crippen molar-refractivity contribution in [2.24, 2.45) is 0 Å². The van der Waals surface area contributed by atoms with Gasteiger partial charge >= 0.3 is 5.97 Å². The van der Waals surface area contributed by atoms with Crippen LogP contribution < -0.4 is 5.32 Å². The summed E-state index contributed by atoms with van der Waals surface area (Å²) in [6, 6.07) is 19.3. The number of rotatable bonds is 14. The molecule has 0 aliphatic heterocycles. The van der Waals surface area contributed by atoms with Gasteiger partial charge in [0, 0.05) is 16.8 Å². The first-order valence-corrected chi connectivity index (χ1v) is 15.7. The predicted molar refractivity (Wildman–Crippen MR) is 158 cm³/mol. The average molecular weight is 586 g/mol. The fourth-order valence-electron chi connectivity index (χ4n) is 4.44. The normalized spacial score (nSPS) is 13.0. The standard InChI is InChI=1S/C31H36ClNO6S/c1-4-5-13-29(23-10-8-11-24(32)19-23)39-20-22-14-15-26(27(18-22)25-12-7-6-9-21(25)2)30(34)33-28(31(35)36)16-17-40(3,37)38/h6-12,14-15,18-19,28-29H,4-5,13,16-17,20H2,1-3H3,(H,33,34)(H,35,36)/t28-,29-/m0/s1. The van der Waals surface area contributed by atoms with Crippen molar-refractivity contribution in [3.63, 3.8) is 0 Å². The summed E-state index contributed by atoms with van der Waals surface area (Å²) >= 11 is 6.23. The van der Waals surface area contributed by atoms with Gasteiger partial charge < -0.3 is 15.2 Å². The number of nitrogens with one attached hydrogen (secondary N) is 1. The molecule has 0 aromatic heterocycles. The van der Waals surface area contributed by atoms with Gasteiger partial charge in [0.25, 0.3) is 5.91 Å². The molecule has 214 valence electrons. The summed E-state index contributed by atoms with van der Waals surface area (Å²) in [5.41, 5.74) is 4.56. The third-order valence-corrected chi connectivity index (χ3v) is 7.85. The van der Waals surface area contributed by atoms with E-state index in [0.717, 1.165) is 47.8 Å². The van der Waals surface area contributed by atoms with E-state index in [1.807, 2.05) is 61.5 Å². The van der Waals surface area contributed by atoms with E-state index in [0.29, 0.717) is 22.8 Å². The Morgan fingerprint density at radius 3 is 2.40 bits per heavy atom. The van der Waals surface area contributed by atoms with Crippen LogP contribution in [0.15, 0.2) is 66.7 Å². The molecule has 2 atom stereocenters. The van der Waals surface area contributed by atoms with Crippen molar-refractivity contribution in [3.05, 3.63) is 94.0 Å². The zero-order chi connectivity index (χ0) is 29.3. The van der Waals surface area contributed by atoms with Crippen molar-refractivity contribution in [2.75, 3.05) is 12.0 Å². The third-order valence-electron chi connectivity index (χ3n) is 6.64. The Morgan fingerprint density at radius 1 is 1.00 bits per heavy atom. The molecule has 3 aromatic rings. The number of carboxylic acids is 1. The van der Waals surface area contributed by atoms with Crippen LogP contribution in [0.1, 0.15) is 65.8 Å². The number of sulfone groups is 1. The molecule has 0 aliphatic rings. The summed E-state index contributed by atoms with van der Waals surface area (Å²) in [5.74, 6) is -2.23. The lowest BCUT2D eigenvalue weighted by Gasteiger charge is -2.20. The molecule has 2 N–H and O–H groups in total. The summed E-state index contributed by atoms with van der Waals surface area (Å²) in [7, 11) is -3.39. The average Bonchev–Trinajstić information content (AvgIpc) is 2.90. The maximum Gasteiger partial charge on any atom is 0.326 e. The molecule has 3 aromatic carbocycles. The molecule has 3 rings (SSSR count). The van der Waals surface area contributed by atoms with Crippen molar-refractivity contribution in [3.8, 4) is 11.1 Å². The van der Waals surface area contributed by atoms with Crippen LogP contribution in [-0.4, -0.2) is 43.5 Å². The Morgan fingerprint density at radius 2 is 1.75 bits per heavy atom.